The summed E-state index contributed by atoms with van der Waals surface area (Å²) >= 11 is 0. The van der Waals surface area contributed by atoms with Gasteiger partial charge in [0.25, 0.3) is 5.91 Å². The maximum atomic E-state index is 13.5. The number of carbonyl (C=O) groups excluding carboxylic acids is 1. The van der Waals surface area contributed by atoms with Crippen LogP contribution in [0.3, 0.4) is 0 Å². The second kappa shape index (κ2) is 4.66. The molecule has 4 nitrogen and oxygen atoms in total. The molecule has 0 unspecified atom stereocenters. The zero-order valence-electron chi connectivity index (χ0n) is 11.1. The Labute approximate surface area is 114 Å². The maximum Gasteiger partial charge on any atom is 0.419 e. The Morgan fingerprint density at radius 1 is 1.20 bits per heavy atom. The molecule has 1 aliphatic heterocycles. The number of phenols is 1. The van der Waals surface area contributed by atoms with Crippen LogP contribution in [-0.2, 0) is 10.3 Å². The van der Waals surface area contributed by atoms with Crippen molar-refractivity contribution in [1.82, 2.24) is 10.6 Å². The molecule has 0 spiro atoms. The van der Waals surface area contributed by atoms with E-state index in [1.165, 1.54) is 26.0 Å². The molecule has 1 fully saturated rings. The van der Waals surface area contributed by atoms with Crippen molar-refractivity contribution in [2.45, 2.75) is 25.6 Å². The Kier molecular flexibility index (Phi) is 3.41. The summed E-state index contributed by atoms with van der Waals surface area (Å²) in [5.74, 6) is -1.19. The lowest BCUT2D eigenvalue weighted by Gasteiger charge is -2.39. The van der Waals surface area contributed by atoms with Gasteiger partial charge in [0.1, 0.15) is 5.75 Å². The second-order valence-electron chi connectivity index (χ2n) is 4.89. The van der Waals surface area contributed by atoms with Gasteiger partial charge in [0.2, 0.25) is 5.54 Å². The first kappa shape index (κ1) is 14.6. The standard InChI is InChI=1S/C13H15F3N2O2/c1-7-5-9(6-8(2)10(7)19)12(13(14,15)16)11(20)17-3-4-18-12/h5-6,18-19H,3-4H2,1-2H3,(H,17,20)/t12-/m1/s1. The van der Waals surface area contributed by atoms with Gasteiger partial charge < -0.3 is 10.4 Å². The van der Waals surface area contributed by atoms with Gasteiger partial charge in [-0.1, -0.05) is 0 Å². The number of alkyl halides is 3. The third kappa shape index (κ3) is 2.02. The quantitative estimate of drug-likeness (QED) is 0.733. The molecule has 1 heterocycles. The molecule has 7 heteroatoms. The van der Waals surface area contributed by atoms with Crippen LogP contribution in [0.2, 0.25) is 0 Å². The number of rotatable bonds is 1. The van der Waals surface area contributed by atoms with Gasteiger partial charge in [-0.15, -0.1) is 0 Å². The molecule has 1 aromatic rings. The number of halogens is 3. The number of amides is 1. The van der Waals surface area contributed by atoms with Gasteiger partial charge >= 0.3 is 6.18 Å². The highest BCUT2D eigenvalue weighted by atomic mass is 19.4. The van der Waals surface area contributed by atoms with E-state index in [2.05, 4.69) is 10.6 Å². The van der Waals surface area contributed by atoms with Gasteiger partial charge in [-0.05, 0) is 42.7 Å². The molecule has 1 saturated heterocycles. The normalized spacial score (nSPS) is 23.6. The van der Waals surface area contributed by atoms with Crippen molar-refractivity contribution in [2.75, 3.05) is 13.1 Å². The van der Waals surface area contributed by atoms with E-state index in [9.17, 15) is 23.1 Å². The lowest BCUT2D eigenvalue weighted by atomic mass is 9.84. The maximum absolute atomic E-state index is 13.5. The molecule has 2 rings (SSSR count). The SMILES string of the molecule is Cc1cc([C@@]2(C(F)(F)F)NCCNC2=O)cc(C)c1O. The van der Waals surface area contributed by atoms with Crippen molar-refractivity contribution in [3.8, 4) is 5.75 Å². The van der Waals surface area contributed by atoms with E-state index in [1.54, 1.807) is 0 Å². The summed E-state index contributed by atoms with van der Waals surface area (Å²) in [5, 5.41) is 14.2. The highest BCUT2D eigenvalue weighted by Crippen LogP contribution is 2.41. The van der Waals surface area contributed by atoms with Crippen molar-refractivity contribution in [3.63, 3.8) is 0 Å². The number of aryl methyl sites for hydroxylation is 2. The number of hydrogen-bond donors (Lipinski definition) is 3. The molecule has 0 radical (unpaired) electrons. The third-order valence-electron chi connectivity index (χ3n) is 3.49. The van der Waals surface area contributed by atoms with E-state index < -0.39 is 17.6 Å². The molecule has 20 heavy (non-hydrogen) atoms. The molecule has 3 N–H and O–H groups in total. The Bertz CT molecular complexity index is 534. The van der Waals surface area contributed by atoms with Crippen LogP contribution < -0.4 is 10.6 Å². The van der Waals surface area contributed by atoms with Crippen LogP contribution in [0.4, 0.5) is 13.2 Å². The van der Waals surface area contributed by atoms with Crippen molar-refractivity contribution < 1.29 is 23.1 Å². The smallest absolute Gasteiger partial charge is 0.419 e. The second-order valence-corrected chi connectivity index (χ2v) is 4.89. The highest BCUT2D eigenvalue weighted by molar-refractivity contribution is 5.89. The highest BCUT2D eigenvalue weighted by Gasteiger charge is 2.62. The van der Waals surface area contributed by atoms with Gasteiger partial charge in [0.05, 0.1) is 0 Å². The van der Waals surface area contributed by atoms with Crippen molar-refractivity contribution in [2.24, 2.45) is 0 Å². The lowest BCUT2D eigenvalue weighted by molar-refractivity contribution is -0.206. The van der Waals surface area contributed by atoms with Gasteiger partial charge in [0, 0.05) is 13.1 Å². The minimum absolute atomic E-state index is 0.0181. The summed E-state index contributed by atoms with van der Waals surface area (Å²) in [7, 11) is 0. The third-order valence-corrected chi connectivity index (χ3v) is 3.49. The Balaban J connectivity index is 2.67. The average molecular weight is 288 g/mol. The lowest BCUT2D eigenvalue weighted by Crippen LogP contribution is -2.67. The number of benzene rings is 1. The van der Waals surface area contributed by atoms with E-state index in [0.717, 1.165) is 0 Å². The minimum atomic E-state index is -4.78. The van der Waals surface area contributed by atoms with Crippen molar-refractivity contribution in [1.29, 1.82) is 0 Å². The molecular weight excluding hydrogens is 273 g/mol. The van der Waals surface area contributed by atoms with E-state index in [-0.39, 0.29) is 24.4 Å². The largest absolute Gasteiger partial charge is 0.507 e. The summed E-state index contributed by atoms with van der Waals surface area (Å²) in [6, 6.07) is 2.38. The molecule has 1 aromatic carbocycles. The Hall–Kier alpha value is -1.76. The van der Waals surface area contributed by atoms with Crippen molar-refractivity contribution in [3.05, 3.63) is 28.8 Å². The van der Waals surface area contributed by atoms with Gasteiger partial charge in [-0.2, -0.15) is 13.2 Å². The molecule has 110 valence electrons. The first-order valence-electron chi connectivity index (χ1n) is 6.11. The summed E-state index contributed by atoms with van der Waals surface area (Å²) in [5.41, 5.74) is -2.39. The van der Waals surface area contributed by atoms with E-state index in [0.29, 0.717) is 11.1 Å². The summed E-state index contributed by atoms with van der Waals surface area (Å²) in [6.45, 7) is 3.16. The van der Waals surface area contributed by atoms with Crippen LogP contribution >= 0.6 is 0 Å². The molecule has 1 atom stereocenters. The first-order valence-corrected chi connectivity index (χ1v) is 6.11. The van der Waals surface area contributed by atoms with Crippen LogP contribution in [0.1, 0.15) is 16.7 Å². The Morgan fingerprint density at radius 2 is 1.75 bits per heavy atom. The fraction of sp³-hybridized carbons (Fsp3) is 0.462. The molecule has 0 aromatic heterocycles. The summed E-state index contributed by atoms with van der Waals surface area (Å²) < 4.78 is 40.5. The number of aromatic hydroxyl groups is 1. The van der Waals surface area contributed by atoms with Crippen LogP contribution in [-0.4, -0.2) is 30.3 Å². The van der Waals surface area contributed by atoms with Crippen molar-refractivity contribution >= 4 is 5.91 Å². The molecule has 0 saturated carbocycles. The van der Waals surface area contributed by atoms with Crippen LogP contribution in [0.15, 0.2) is 12.1 Å². The molecule has 0 aliphatic carbocycles. The van der Waals surface area contributed by atoms with Gasteiger partial charge in [0.15, 0.2) is 0 Å². The zero-order valence-corrected chi connectivity index (χ0v) is 11.1. The van der Waals surface area contributed by atoms with E-state index in [1.807, 2.05) is 0 Å². The minimum Gasteiger partial charge on any atom is -0.507 e. The topological polar surface area (TPSA) is 61.4 Å². The fourth-order valence-electron chi connectivity index (χ4n) is 2.44. The summed E-state index contributed by atoms with van der Waals surface area (Å²) in [4.78, 5) is 11.9. The van der Waals surface area contributed by atoms with Gasteiger partial charge in [-0.25, -0.2) is 0 Å². The molecule has 0 bridgehead atoms. The predicted molar refractivity (Wildman–Crippen MR) is 66.3 cm³/mol. The zero-order chi connectivity index (χ0) is 15.1. The summed E-state index contributed by atoms with van der Waals surface area (Å²) in [6.07, 6.45) is -4.78. The fourth-order valence-corrected chi connectivity index (χ4v) is 2.44. The molecule has 1 amide bonds. The predicted octanol–water partition coefficient (Wildman–Crippen LogP) is 1.49. The first-order chi connectivity index (χ1) is 9.20. The Morgan fingerprint density at radius 3 is 2.20 bits per heavy atom. The van der Waals surface area contributed by atoms with E-state index in [4.69, 9.17) is 0 Å². The number of phenolic OH excluding ortho intramolecular Hbond substituents is 1. The number of carbonyl (C=O) groups is 1. The molecule has 1 aliphatic rings. The number of nitrogens with one attached hydrogen (secondary N) is 2. The molecular formula is C13H15F3N2O2. The van der Waals surface area contributed by atoms with Crippen LogP contribution in [0, 0.1) is 13.8 Å². The van der Waals surface area contributed by atoms with Gasteiger partial charge in [-0.3, -0.25) is 10.1 Å². The van der Waals surface area contributed by atoms with E-state index >= 15 is 0 Å². The van der Waals surface area contributed by atoms with Crippen LogP contribution in [0.5, 0.6) is 5.75 Å². The monoisotopic (exact) mass is 288 g/mol. The average Bonchev–Trinajstić information content (AvgIpc) is 2.34. The van der Waals surface area contributed by atoms with Crippen LogP contribution in [0.25, 0.3) is 0 Å². The number of piperazine rings is 1. The number of hydrogen-bond acceptors (Lipinski definition) is 3.